The van der Waals surface area contributed by atoms with E-state index in [4.69, 9.17) is 74.5 Å². The largest absolute Gasteiger partial charge is 0.527 e. The molecule has 2 atom stereocenters. The standard InChI is InChI=1S/C12H13N3O2.C6H6Cl6.C2H7FNO3P.H3P/c16-9-7-8(13-1-2-13)12(17)11(15-5-6-15)10(9)14-3-4-14;7-1-2(8)4(10)6(12)5(11)3(1)9;1-4(2)7-8(3,5)6;/h7H,1-6H2;1-6H;1-2H3,(H,5,6);1H3. The highest BCUT2D eigenvalue weighted by molar-refractivity contribution is 7.46. The summed E-state index contributed by atoms with van der Waals surface area (Å²) in [7, 11) is -2.18. The predicted molar refractivity (Wildman–Crippen MR) is 154 cm³/mol. The van der Waals surface area contributed by atoms with Gasteiger partial charge in [-0.05, 0) is 0 Å². The maximum atomic E-state index is 12.4. The number of ketones is 2. The van der Waals surface area contributed by atoms with Gasteiger partial charge in [0.05, 0.1) is 38.0 Å². The minimum atomic E-state index is -4.80. The van der Waals surface area contributed by atoms with Crippen LogP contribution in [0.5, 0.6) is 0 Å². The van der Waals surface area contributed by atoms with Gasteiger partial charge in [0.2, 0.25) is 11.6 Å². The van der Waals surface area contributed by atoms with Crippen molar-refractivity contribution in [2.75, 3.05) is 53.4 Å². The van der Waals surface area contributed by atoms with Crippen LogP contribution in [0.3, 0.4) is 0 Å². The first-order valence-corrected chi connectivity index (χ1v) is 15.3. The van der Waals surface area contributed by atoms with Gasteiger partial charge in [0.15, 0.2) is 0 Å². The highest BCUT2D eigenvalue weighted by atomic mass is 35.5. The van der Waals surface area contributed by atoms with Crippen LogP contribution in [0.4, 0.5) is 4.20 Å². The Balaban J connectivity index is 0.000000214. The Labute approximate surface area is 254 Å². The molecule has 0 spiro atoms. The minimum Gasteiger partial charge on any atom is -0.365 e. The van der Waals surface area contributed by atoms with Crippen molar-refractivity contribution in [3.05, 3.63) is 23.2 Å². The molecule has 2 aliphatic carbocycles. The lowest BCUT2D eigenvalue weighted by atomic mass is 9.97. The Kier molecular flexibility index (Phi) is 12.8. The van der Waals surface area contributed by atoms with Crippen LogP contribution in [0.2, 0.25) is 0 Å². The van der Waals surface area contributed by atoms with Crippen molar-refractivity contribution in [3.63, 3.8) is 0 Å². The van der Waals surface area contributed by atoms with E-state index in [-0.39, 0.29) is 21.5 Å². The zero-order chi connectivity index (χ0) is 27.8. The van der Waals surface area contributed by atoms with Gasteiger partial charge in [0.25, 0.3) is 0 Å². The van der Waals surface area contributed by atoms with Gasteiger partial charge in [-0.1, -0.05) is 0 Å². The number of hydrogen-bond donors (Lipinski definition) is 1. The summed E-state index contributed by atoms with van der Waals surface area (Å²) in [6, 6.07) is 0. The maximum Gasteiger partial charge on any atom is 0.527 e. The fourth-order valence-corrected chi connectivity index (χ4v) is 6.26. The van der Waals surface area contributed by atoms with E-state index < -0.39 is 40.2 Å². The molecule has 0 amide bonds. The molecule has 0 aromatic heterocycles. The van der Waals surface area contributed by atoms with Crippen LogP contribution >= 0.6 is 87.4 Å². The van der Waals surface area contributed by atoms with Crippen LogP contribution < -0.4 is 0 Å². The first-order chi connectivity index (χ1) is 17.1. The zero-order valence-corrected chi connectivity index (χ0v) is 27.3. The van der Waals surface area contributed by atoms with Gasteiger partial charge in [0, 0.05) is 59.4 Å². The average Bonchev–Trinajstić information content (AvgIpc) is 3.63. The van der Waals surface area contributed by atoms with E-state index >= 15 is 0 Å². The normalized spacial score (nSPS) is 33.3. The summed E-state index contributed by atoms with van der Waals surface area (Å²) in [4.78, 5) is 38.3. The second-order valence-corrected chi connectivity index (χ2v) is 13.0. The summed E-state index contributed by atoms with van der Waals surface area (Å²) in [6.07, 6.45) is 1.52. The summed E-state index contributed by atoms with van der Waals surface area (Å²) in [5.74, 6) is 0.0485. The molecule has 1 saturated carbocycles. The number of rotatable bonds is 5. The quantitative estimate of drug-likeness (QED) is 0.153. The lowest BCUT2D eigenvalue weighted by molar-refractivity contribution is -0.117. The SMILES string of the molecule is CN(C)OP(=O)(O)F.ClC1C(Cl)C(Cl)C(Cl)C(Cl)C1Cl.O=C1C=C(N2CC2)C(=O)C(N2CC2)=C1N1CC1.P. The molecule has 1 N–H and O–H groups in total. The van der Waals surface area contributed by atoms with E-state index in [1.165, 1.54) is 20.2 Å². The highest BCUT2D eigenvalue weighted by Gasteiger charge is 2.47. The number of allylic oxidation sites excluding steroid dienone is 1. The number of Topliss-reactive ketones (excluding diaryl/α,β-unsaturated/α-hetero) is 1. The van der Waals surface area contributed by atoms with Crippen LogP contribution in [-0.2, 0) is 18.8 Å². The third kappa shape index (κ3) is 9.22. The third-order valence-corrected chi connectivity index (χ3v) is 10.1. The number of hydrogen-bond acceptors (Lipinski definition) is 8. The van der Waals surface area contributed by atoms with Gasteiger partial charge in [-0.2, -0.15) is 19.6 Å². The molecule has 218 valence electrons. The topological polar surface area (TPSA) is 92.9 Å². The molecule has 4 fully saturated rings. The lowest BCUT2D eigenvalue weighted by Gasteiger charge is -2.37. The number of nitrogens with zero attached hydrogens (tertiary/aromatic N) is 4. The molecule has 3 aliphatic heterocycles. The van der Waals surface area contributed by atoms with E-state index in [1.54, 1.807) is 0 Å². The van der Waals surface area contributed by atoms with Crippen molar-refractivity contribution in [1.82, 2.24) is 19.8 Å². The highest BCUT2D eigenvalue weighted by Crippen LogP contribution is 2.43. The predicted octanol–water partition coefficient (Wildman–Crippen LogP) is 3.43. The lowest BCUT2D eigenvalue weighted by Crippen LogP contribution is -2.52. The number of halogens is 7. The fraction of sp³-hybridized carbons (Fsp3) is 0.700. The molecule has 0 aromatic rings. The molecule has 5 aliphatic rings. The number of hydroxylamine groups is 2. The van der Waals surface area contributed by atoms with E-state index in [9.17, 15) is 18.4 Å². The Morgan fingerprint density at radius 2 is 1.16 bits per heavy atom. The number of alkyl halides is 6. The first kappa shape index (κ1) is 34.6. The van der Waals surface area contributed by atoms with Crippen molar-refractivity contribution in [2.24, 2.45) is 0 Å². The van der Waals surface area contributed by atoms with E-state index in [0.29, 0.717) is 17.1 Å². The molecule has 0 aromatic carbocycles. The Morgan fingerprint density at radius 1 is 0.816 bits per heavy atom. The van der Waals surface area contributed by atoms with Crippen molar-refractivity contribution >= 4 is 99.0 Å². The van der Waals surface area contributed by atoms with E-state index in [2.05, 4.69) is 4.62 Å². The molecule has 38 heavy (non-hydrogen) atoms. The van der Waals surface area contributed by atoms with Crippen LogP contribution in [0.1, 0.15) is 0 Å². The van der Waals surface area contributed by atoms with Crippen molar-refractivity contribution < 1.29 is 27.9 Å². The van der Waals surface area contributed by atoms with Crippen LogP contribution in [0, 0.1) is 0 Å². The maximum absolute atomic E-state index is 12.4. The Morgan fingerprint density at radius 3 is 1.42 bits per heavy atom. The van der Waals surface area contributed by atoms with Crippen molar-refractivity contribution in [2.45, 2.75) is 32.3 Å². The smallest absolute Gasteiger partial charge is 0.365 e. The molecule has 2 unspecified atom stereocenters. The first-order valence-electron chi connectivity index (χ1n) is 11.2. The zero-order valence-electron chi connectivity index (χ0n) is 20.5. The summed E-state index contributed by atoms with van der Waals surface area (Å²) >= 11 is 35.3. The molecule has 3 saturated heterocycles. The van der Waals surface area contributed by atoms with E-state index in [1.807, 2.05) is 14.7 Å². The number of carbonyl (C=O) groups excluding carboxylic acids is 2. The van der Waals surface area contributed by atoms with Crippen molar-refractivity contribution in [1.29, 1.82) is 0 Å². The molecule has 9 nitrogen and oxygen atoms in total. The molecular formula is C20H29Cl6FN4O5P2. The van der Waals surface area contributed by atoms with Crippen LogP contribution in [0.15, 0.2) is 23.2 Å². The van der Waals surface area contributed by atoms with Crippen LogP contribution in [-0.4, -0.2) is 122 Å². The summed E-state index contributed by atoms with van der Waals surface area (Å²) < 4.78 is 24.9. The van der Waals surface area contributed by atoms with Gasteiger partial charge >= 0.3 is 7.91 Å². The van der Waals surface area contributed by atoms with E-state index in [0.717, 1.165) is 44.3 Å². The van der Waals surface area contributed by atoms with Crippen molar-refractivity contribution in [3.8, 4) is 0 Å². The second-order valence-electron chi connectivity index (χ2n) is 8.89. The fourth-order valence-electron chi connectivity index (χ4n) is 3.53. The molecule has 18 heteroatoms. The minimum absolute atomic E-state index is 0. The second kappa shape index (κ2) is 14.1. The molecule has 0 bridgehead atoms. The Hall–Kier alpha value is 0.430. The van der Waals surface area contributed by atoms with Gasteiger partial charge < -0.3 is 14.7 Å². The van der Waals surface area contributed by atoms with Gasteiger partial charge in [-0.3, -0.25) is 14.5 Å². The molecule has 5 rings (SSSR count). The average molecular weight is 699 g/mol. The molecular weight excluding hydrogens is 670 g/mol. The molecule has 3 heterocycles. The van der Waals surface area contributed by atoms with Gasteiger partial charge in [-0.25, -0.2) is 4.57 Å². The third-order valence-electron chi connectivity index (χ3n) is 5.58. The summed E-state index contributed by atoms with van der Waals surface area (Å²) in [5, 5.41) is -1.80. The summed E-state index contributed by atoms with van der Waals surface area (Å²) in [5.41, 5.74) is 1.89. The molecule has 0 radical (unpaired) electrons. The monoisotopic (exact) mass is 696 g/mol. The van der Waals surface area contributed by atoms with Gasteiger partial charge in [-0.15, -0.1) is 73.8 Å². The number of carbonyl (C=O) groups is 2. The Bertz CT molecular complexity index is 950. The van der Waals surface area contributed by atoms with Crippen LogP contribution in [0.25, 0.3) is 0 Å². The summed E-state index contributed by atoms with van der Waals surface area (Å²) in [6.45, 7) is 5.41. The van der Waals surface area contributed by atoms with Gasteiger partial charge in [0.1, 0.15) is 11.4 Å².